The number of aromatic nitrogens is 2. The molecule has 4 aromatic carbocycles. The number of methoxy groups -OCH3 is 2. The SMILES string of the molecule is COc1ccc(Cc2nc3ccccc3n2CCCOc2cccc3ccccc23)cc1OC. The van der Waals surface area contributed by atoms with E-state index in [9.17, 15) is 0 Å². The Balaban J connectivity index is 1.34. The summed E-state index contributed by atoms with van der Waals surface area (Å²) in [7, 11) is 3.31. The van der Waals surface area contributed by atoms with Crippen molar-refractivity contribution in [3.05, 3.63) is 96.3 Å². The molecule has 0 saturated heterocycles. The first-order valence-electron chi connectivity index (χ1n) is 11.5. The van der Waals surface area contributed by atoms with Crippen LogP contribution in [0.5, 0.6) is 17.2 Å². The van der Waals surface area contributed by atoms with Crippen LogP contribution in [0.1, 0.15) is 17.8 Å². The molecule has 5 heteroatoms. The molecule has 0 saturated carbocycles. The minimum absolute atomic E-state index is 0.635. The van der Waals surface area contributed by atoms with Crippen LogP contribution in [-0.4, -0.2) is 30.4 Å². The Morgan fingerprint density at radius 3 is 2.44 bits per heavy atom. The summed E-state index contributed by atoms with van der Waals surface area (Å²) < 4.78 is 19.4. The maximum atomic E-state index is 6.18. The second kappa shape index (κ2) is 9.87. The molecule has 0 bridgehead atoms. The van der Waals surface area contributed by atoms with Gasteiger partial charge in [-0.3, -0.25) is 0 Å². The van der Waals surface area contributed by atoms with Crippen LogP contribution in [0.25, 0.3) is 21.8 Å². The van der Waals surface area contributed by atoms with Gasteiger partial charge < -0.3 is 18.8 Å². The highest BCUT2D eigenvalue weighted by Gasteiger charge is 2.13. The van der Waals surface area contributed by atoms with E-state index >= 15 is 0 Å². The maximum absolute atomic E-state index is 6.18. The molecular formula is C29H28N2O3. The lowest BCUT2D eigenvalue weighted by atomic mass is 10.1. The van der Waals surface area contributed by atoms with Gasteiger partial charge in [0.15, 0.2) is 11.5 Å². The fourth-order valence-corrected chi connectivity index (χ4v) is 4.41. The maximum Gasteiger partial charge on any atom is 0.161 e. The van der Waals surface area contributed by atoms with Crippen molar-refractivity contribution in [3.8, 4) is 17.2 Å². The number of benzene rings is 4. The van der Waals surface area contributed by atoms with E-state index in [2.05, 4.69) is 53.1 Å². The van der Waals surface area contributed by atoms with Crippen LogP contribution in [0.15, 0.2) is 84.9 Å². The average Bonchev–Trinajstić information content (AvgIpc) is 3.23. The Kier molecular flexibility index (Phi) is 6.34. The van der Waals surface area contributed by atoms with Crippen LogP contribution < -0.4 is 14.2 Å². The second-order valence-corrected chi connectivity index (χ2v) is 8.21. The third kappa shape index (κ3) is 4.42. The van der Waals surface area contributed by atoms with E-state index in [-0.39, 0.29) is 0 Å². The highest BCUT2D eigenvalue weighted by Crippen LogP contribution is 2.29. The molecule has 1 heterocycles. The topological polar surface area (TPSA) is 45.5 Å². The summed E-state index contributed by atoms with van der Waals surface area (Å²) in [6.45, 7) is 1.46. The highest BCUT2D eigenvalue weighted by molar-refractivity contribution is 5.88. The largest absolute Gasteiger partial charge is 0.493 e. The summed E-state index contributed by atoms with van der Waals surface area (Å²) in [5, 5.41) is 2.34. The predicted octanol–water partition coefficient (Wildman–Crippen LogP) is 6.27. The van der Waals surface area contributed by atoms with Crippen molar-refractivity contribution in [2.24, 2.45) is 0 Å². The summed E-state index contributed by atoms with van der Waals surface area (Å²) in [4.78, 5) is 4.93. The van der Waals surface area contributed by atoms with Gasteiger partial charge in [-0.15, -0.1) is 0 Å². The molecule has 0 N–H and O–H groups in total. The summed E-state index contributed by atoms with van der Waals surface area (Å²) in [5.74, 6) is 3.41. The van der Waals surface area contributed by atoms with Crippen LogP contribution in [0.3, 0.4) is 0 Å². The Bertz CT molecular complexity index is 1420. The first-order valence-corrected chi connectivity index (χ1v) is 11.5. The number of hydrogen-bond acceptors (Lipinski definition) is 4. The van der Waals surface area contributed by atoms with Crippen molar-refractivity contribution < 1.29 is 14.2 Å². The zero-order valence-corrected chi connectivity index (χ0v) is 19.5. The molecule has 0 fully saturated rings. The number of nitrogens with zero attached hydrogens (tertiary/aromatic N) is 2. The van der Waals surface area contributed by atoms with Crippen molar-refractivity contribution in [2.45, 2.75) is 19.4 Å². The molecular weight excluding hydrogens is 424 g/mol. The van der Waals surface area contributed by atoms with Gasteiger partial charge in [0.25, 0.3) is 0 Å². The predicted molar refractivity (Wildman–Crippen MR) is 136 cm³/mol. The number of imidazole rings is 1. The van der Waals surface area contributed by atoms with Crippen molar-refractivity contribution >= 4 is 21.8 Å². The molecule has 0 atom stereocenters. The lowest BCUT2D eigenvalue weighted by molar-refractivity contribution is 0.305. The van der Waals surface area contributed by atoms with Crippen LogP contribution in [0, 0.1) is 0 Å². The molecule has 1 aromatic heterocycles. The fraction of sp³-hybridized carbons (Fsp3) is 0.207. The fourth-order valence-electron chi connectivity index (χ4n) is 4.41. The molecule has 5 nitrogen and oxygen atoms in total. The molecule has 0 unspecified atom stereocenters. The third-order valence-electron chi connectivity index (χ3n) is 6.08. The third-order valence-corrected chi connectivity index (χ3v) is 6.08. The molecule has 5 aromatic rings. The highest BCUT2D eigenvalue weighted by atomic mass is 16.5. The summed E-state index contributed by atoms with van der Waals surface area (Å²) >= 11 is 0. The number of aryl methyl sites for hydroxylation is 1. The normalized spacial score (nSPS) is 11.1. The monoisotopic (exact) mass is 452 g/mol. The minimum Gasteiger partial charge on any atom is -0.493 e. The standard InChI is InChI=1S/C29H28N2O3/c1-32-27-16-15-21(19-28(27)33-2)20-29-30-24-12-5-6-13-25(24)31(29)17-8-18-34-26-14-7-10-22-9-3-4-11-23(22)26/h3-7,9-16,19H,8,17-18,20H2,1-2H3. The van der Waals surface area contributed by atoms with Gasteiger partial charge in [0.05, 0.1) is 31.9 Å². The van der Waals surface area contributed by atoms with E-state index in [1.165, 1.54) is 5.39 Å². The Labute approximate surface area is 199 Å². The van der Waals surface area contributed by atoms with Crippen LogP contribution >= 0.6 is 0 Å². The van der Waals surface area contributed by atoms with Gasteiger partial charge in [-0.05, 0) is 47.7 Å². The molecule has 0 aliphatic carbocycles. The Morgan fingerprint density at radius 1 is 0.765 bits per heavy atom. The van der Waals surface area contributed by atoms with E-state index in [4.69, 9.17) is 19.2 Å². The summed E-state index contributed by atoms with van der Waals surface area (Å²) in [6, 6.07) is 28.8. The van der Waals surface area contributed by atoms with E-state index in [0.29, 0.717) is 13.0 Å². The number of fused-ring (bicyclic) bond motifs is 2. The van der Waals surface area contributed by atoms with Crippen LogP contribution in [0.2, 0.25) is 0 Å². The lowest BCUT2D eigenvalue weighted by Gasteiger charge is -2.13. The van der Waals surface area contributed by atoms with E-state index in [1.807, 2.05) is 36.4 Å². The molecule has 0 aliphatic rings. The minimum atomic E-state index is 0.635. The van der Waals surface area contributed by atoms with Crippen molar-refractivity contribution in [3.63, 3.8) is 0 Å². The van der Waals surface area contributed by atoms with Crippen molar-refractivity contribution in [2.75, 3.05) is 20.8 Å². The summed E-state index contributed by atoms with van der Waals surface area (Å²) in [5.41, 5.74) is 3.28. The summed E-state index contributed by atoms with van der Waals surface area (Å²) in [6.07, 6.45) is 1.59. The molecule has 0 spiro atoms. The molecule has 34 heavy (non-hydrogen) atoms. The first kappa shape index (κ1) is 21.8. The quantitative estimate of drug-likeness (QED) is 0.247. The van der Waals surface area contributed by atoms with E-state index in [0.717, 1.165) is 58.0 Å². The average molecular weight is 453 g/mol. The van der Waals surface area contributed by atoms with Gasteiger partial charge in [-0.25, -0.2) is 4.98 Å². The van der Waals surface area contributed by atoms with E-state index in [1.54, 1.807) is 14.2 Å². The smallest absolute Gasteiger partial charge is 0.161 e. The van der Waals surface area contributed by atoms with Gasteiger partial charge >= 0.3 is 0 Å². The second-order valence-electron chi connectivity index (χ2n) is 8.21. The van der Waals surface area contributed by atoms with Gasteiger partial charge in [-0.2, -0.15) is 0 Å². The van der Waals surface area contributed by atoms with Gasteiger partial charge in [0, 0.05) is 18.4 Å². The van der Waals surface area contributed by atoms with Crippen molar-refractivity contribution in [1.29, 1.82) is 0 Å². The van der Waals surface area contributed by atoms with Gasteiger partial charge in [0.2, 0.25) is 0 Å². The number of hydrogen-bond donors (Lipinski definition) is 0. The zero-order chi connectivity index (χ0) is 23.3. The van der Waals surface area contributed by atoms with Gasteiger partial charge in [-0.1, -0.05) is 54.6 Å². The molecule has 0 amide bonds. The van der Waals surface area contributed by atoms with Crippen molar-refractivity contribution in [1.82, 2.24) is 9.55 Å². The van der Waals surface area contributed by atoms with Crippen LogP contribution in [-0.2, 0) is 13.0 Å². The lowest BCUT2D eigenvalue weighted by Crippen LogP contribution is -2.08. The van der Waals surface area contributed by atoms with E-state index < -0.39 is 0 Å². The number of para-hydroxylation sites is 2. The Morgan fingerprint density at radius 2 is 1.56 bits per heavy atom. The van der Waals surface area contributed by atoms with Crippen LogP contribution in [0.4, 0.5) is 0 Å². The molecule has 172 valence electrons. The first-order chi connectivity index (χ1) is 16.8. The zero-order valence-electron chi connectivity index (χ0n) is 19.5. The molecule has 0 radical (unpaired) electrons. The number of rotatable bonds is 9. The number of ether oxygens (including phenoxy) is 3. The Hall–Kier alpha value is -3.99. The molecule has 5 rings (SSSR count). The van der Waals surface area contributed by atoms with Gasteiger partial charge in [0.1, 0.15) is 11.6 Å². The molecule has 0 aliphatic heterocycles.